The second-order valence-electron chi connectivity index (χ2n) is 8.26. The van der Waals surface area contributed by atoms with E-state index in [0.29, 0.717) is 32.0 Å². The van der Waals surface area contributed by atoms with Gasteiger partial charge >= 0.3 is 0 Å². The van der Waals surface area contributed by atoms with Crippen LogP contribution in [0.15, 0.2) is 30.3 Å². The van der Waals surface area contributed by atoms with E-state index in [1.54, 1.807) is 4.31 Å². The predicted molar refractivity (Wildman–Crippen MR) is 119 cm³/mol. The van der Waals surface area contributed by atoms with Crippen LogP contribution < -0.4 is 5.32 Å². The molecular weight excluding hydrogens is 384 g/mol. The van der Waals surface area contributed by atoms with Crippen LogP contribution in [0.3, 0.4) is 0 Å². The van der Waals surface area contributed by atoms with Crippen LogP contribution in [0.4, 0.5) is 0 Å². The average Bonchev–Trinajstić information content (AvgIpc) is 2.74. The Kier molecular flexibility index (Phi) is 10.2. The third-order valence-electron chi connectivity index (χ3n) is 5.97. The number of hydrogen-bond donors (Lipinski definition) is 1. The molecule has 2 atom stereocenters. The summed E-state index contributed by atoms with van der Waals surface area (Å²) in [6.07, 6.45) is 7.45. The number of unbranched alkanes of at least 4 members (excludes halogenated alkanes) is 1. The van der Waals surface area contributed by atoms with E-state index in [0.717, 1.165) is 37.7 Å². The van der Waals surface area contributed by atoms with Gasteiger partial charge < -0.3 is 5.32 Å². The van der Waals surface area contributed by atoms with Crippen LogP contribution in [0.1, 0.15) is 64.4 Å². The summed E-state index contributed by atoms with van der Waals surface area (Å²) in [5, 5.41) is 3.09. The first kappa shape index (κ1) is 23.9. The summed E-state index contributed by atoms with van der Waals surface area (Å²) in [5.74, 6) is 0.450. The third-order valence-corrected chi connectivity index (χ3v) is 7.89. The Morgan fingerprint density at radius 3 is 2.66 bits per heavy atom. The zero-order valence-electron chi connectivity index (χ0n) is 18.1. The minimum Gasteiger partial charge on any atom is -0.356 e. The summed E-state index contributed by atoms with van der Waals surface area (Å²) in [7, 11) is -3.31. The largest absolute Gasteiger partial charge is 0.356 e. The molecule has 1 heterocycles. The Labute approximate surface area is 177 Å². The summed E-state index contributed by atoms with van der Waals surface area (Å²) in [5.41, 5.74) is 1.16. The molecule has 1 aliphatic rings. The van der Waals surface area contributed by atoms with Gasteiger partial charge in [0.2, 0.25) is 15.9 Å². The van der Waals surface area contributed by atoms with Gasteiger partial charge in [-0.3, -0.25) is 4.79 Å². The molecule has 0 saturated carbocycles. The molecule has 164 valence electrons. The smallest absolute Gasteiger partial charge is 0.224 e. The van der Waals surface area contributed by atoms with Gasteiger partial charge in [-0.1, -0.05) is 63.4 Å². The van der Waals surface area contributed by atoms with Crippen LogP contribution in [0, 0.1) is 11.8 Å². The molecule has 1 N–H and O–H groups in total. The molecule has 1 aliphatic heterocycles. The van der Waals surface area contributed by atoms with Crippen molar-refractivity contribution in [2.24, 2.45) is 11.8 Å². The highest BCUT2D eigenvalue weighted by Gasteiger charge is 2.32. The molecule has 0 aliphatic carbocycles. The minimum atomic E-state index is -3.31. The van der Waals surface area contributed by atoms with Gasteiger partial charge in [0, 0.05) is 19.6 Å². The maximum absolute atomic E-state index is 12.8. The van der Waals surface area contributed by atoms with Crippen molar-refractivity contribution >= 4 is 15.9 Å². The van der Waals surface area contributed by atoms with E-state index in [4.69, 9.17) is 0 Å². The van der Waals surface area contributed by atoms with Gasteiger partial charge in [-0.15, -0.1) is 0 Å². The highest BCUT2D eigenvalue weighted by Crippen LogP contribution is 2.21. The van der Waals surface area contributed by atoms with E-state index in [2.05, 4.69) is 19.2 Å². The maximum atomic E-state index is 12.8. The topological polar surface area (TPSA) is 66.5 Å². The second kappa shape index (κ2) is 12.3. The number of carbonyl (C=O) groups excluding carboxylic acids is 1. The van der Waals surface area contributed by atoms with Crippen molar-refractivity contribution in [3.05, 3.63) is 35.9 Å². The van der Waals surface area contributed by atoms with Crippen molar-refractivity contribution in [1.82, 2.24) is 9.62 Å². The molecule has 6 heteroatoms. The first-order valence-electron chi connectivity index (χ1n) is 11.3. The summed E-state index contributed by atoms with van der Waals surface area (Å²) in [6, 6.07) is 9.97. The first-order chi connectivity index (χ1) is 14.0. The molecule has 0 aromatic heterocycles. The lowest BCUT2D eigenvalue weighted by Gasteiger charge is -2.31. The van der Waals surface area contributed by atoms with Gasteiger partial charge in [0.15, 0.2) is 0 Å². The van der Waals surface area contributed by atoms with Crippen LogP contribution in [0.25, 0.3) is 0 Å². The van der Waals surface area contributed by atoms with Gasteiger partial charge in [-0.25, -0.2) is 12.7 Å². The number of aryl methyl sites for hydroxylation is 1. The molecule has 1 amide bonds. The lowest BCUT2D eigenvalue weighted by Crippen LogP contribution is -2.46. The number of rotatable bonds is 12. The van der Waals surface area contributed by atoms with Crippen molar-refractivity contribution in [1.29, 1.82) is 0 Å². The standard InChI is InChI=1S/C23H38N2O3S/c1-3-5-11-20(4-2)18-24-23(26)22-15-9-16-25(19-22)29(27,28)17-10-14-21-12-7-6-8-13-21/h6-8,12-13,20,22H,3-5,9-11,14-19H2,1-2H3,(H,24,26)/t20-,22+/m1/s1. The van der Waals surface area contributed by atoms with Crippen LogP contribution in [-0.4, -0.2) is 44.0 Å². The lowest BCUT2D eigenvalue weighted by molar-refractivity contribution is -0.126. The van der Waals surface area contributed by atoms with Gasteiger partial charge in [0.05, 0.1) is 11.7 Å². The molecule has 29 heavy (non-hydrogen) atoms. The molecule has 1 aromatic carbocycles. The monoisotopic (exact) mass is 422 g/mol. The summed E-state index contributed by atoms with van der Waals surface area (Å²) < 4.78 is 27.1. The Bertz CT molecular complexity index is 706. The fraction of sp³-hybridized carbons (Fsp3) is 0.696. The van der Waals surface area contributed by atoms with E-state index in [-0.39, 0.29) is 17.6 Å². The van der Waals surface area contributed by atoms with Crippen molar-refractivity contribution in [2.45, 2.75) is 65.2 Å². The number of sulfonamides is 1. The van der Waals surface area contributed by atoms with Crippen LogP contribution >= 0.6 is 0 Å². The van der Waals surface area contributed by atoms with E-state index in [1.165, 1.54) is 12.8 Å². The third kappa shape index (κ3) is 8.09. The summed E-state index contributed by atoms with van der Waals surface area (Å²) in [4.78, 5) is 12.6. The second-order valence-corrected chi connectivity index (χ2v) is 10.4. The van der Waals surface area contributed by atoms with Gasteiger partial charge in [0.1, 0.15) is 0 Å². The van der Waals surface area contributed by atoms with E-state index in [1.807, 2.05) is 30.3 Å². The minimum absolute atomic E-state index is 0.0177. The molecule has 1 aromatic rings. The van der Waals surface area contributed by atoms with Gasteiger partial charge in [0.25, 0.3) is 0 Å². The van der Waals surface area contributed by atoms with E-state index in [9.17, 15) is 13.2 Å². The summed E-state index contributed by atoms with van der Waals surface area (Å²) in [6.45, 7) is 5.91. The number of piperidine rings is 1. The first-order valence-corrected chi connectivity index (χ1v) is 12.9. The van der Waals surface area contributed by atoms with Crippen molar-refractivity contribution in [2.75, 3.05) is 25.4 Å². The zero-order valence-corrected chi connectivity index (χ0v) is 18.9. The molecule has 1 saturated heterocycles. The normalized spacial score (nSPS) is 19.0. The predicted octanol–water partition coefficient (Wildman–Crippen LogP) is 3.99. The highest BCUT2D eigenvalue weighted by atomic mass is 32.2. The van der Waals surface area contributed by atoms with Crippen LogP contribution in [0.5, 0.6) is 0 Å². The Balaban J connectivity index is 1.81. The molecule has 0 radical (unpaired) electrons. The Hall–Kier alpha value is -1.40. The molecule has 1 fully saturated rings. The number of carbonyl (C=O) groups is 1. The highest BCUT2D eigenvalue weighted by molar-refractivity contribution is 7.89. The molecule has 0 spiro atoms. The fourth-order valence-corrected chi connectivity index (χ4v) is 5.56. The van der Waals surface area contributed by atoms with Crippen LogP contribution in [0.2, 0.25) is 0 Å². The molecule has 2 rings (SSSR count). The number of nitrogens with one attached hydrogen (secondary N) is 1. The van der Waals surface area contributed by atoms with E-state index >= 15 is 0 Å². The Morgan fingerprint density at radius 1 is 1.21 bits per heavy atom. The molecule has 0 unspecified atom stereocenters. The van der Waals surface area contributed by atoms with Crippen LogP contribution in [-0.2, 0) is 21.2 Å². The Morgan fingerprint density at radius 2 is 1.97 bits per heavy atom. The van der Waals surface area contributed by atoms with Gasteiger partial charge in [-0.2, -0.15) is 0 Å². The summed E-state index contributed by atoms with van der Waals surface area (Å²) >= 11 is 0. The maximum Gasteiger partial charge on any atom is 0.224 e. The average molecular weight is 423 g/mol. The SMILES string of the molecule is CCCC[C@@H](CC)CNC(=O)[C@H]1CCCN(S(=O)(=O)CCCc2ccccc2)C1. The van der Waals surface area contributed by atoms with Gasteiger partial charge in [-0.05, 0) is 43.6 Å². The quantitative estimate of drug-likeness (QED) is 0.554. The number of hydrogen-bond acceptors (Lipinski definition) is 3. The van der Waals surface area contributed by atoms with Crippen molar-refractivity contribution < 1.29 is 13.2 Å². The molecule has 0 bridgehead atoms. The zero-order chi connectivity index (χ0) is 21.1. The number of nitrogens with zero attached hydrogens (tertiary/aromatic N) is 1. The fourth-order valence-electron chi connectivity index (χ4n) is 3.97. The molecular formula is C23H38N2O3S. The molecule has 5 nitrogen and oxygen atoms in total. The van der Waals surface area contributed by atoms with Crippen molar-refractivity contribution in [3.8, 4) is 0 Å². The van der Waals surface area contributed by atoms with E-state index < -0.39 is 10.0 Å². The van der Waals surface area contributed by atoms with Crippen molar-refractivity contribution in [3.63, 3.8) is 0 Å². The lowest BCUT2D eigenvalue weighted by atomic mass is 9.96. The number of amides is 1. The number of benzene rings is 1.